The number of amides is 1. The van der Waals surface area contributed by atoms with Crippen molar-refractivity contribution in [3.63, 3.8) is 0 Å². The fraction of sp³-hybridized carbons (Fsp3) is 0.167. The standard InChI is InChI=1S/C24H20N4O4S/c1-32-21-10-9-16(15-12-25-14-26-13-15)17-7-8-19(23(17)21)24(29)28-33(30,31)22-6-2-5-20-18(22)4-3-11-27-20/h2-6,9-14,19H,7-8H2,1H3,(H,28,29). The minimum atomic E-state index is -4.11. The highest BCUT2D eigenvalue weighted by Crippen LogP contribution is 2.44. The van der Waals surface area contributed by atoms with E-state index in [-0.39, 0.29) is 4.90 Å². The van der Waals surface area contributed by atoms with Crippen LogP contribution in [-0.4, -0.2) is 36.4 Å². The normalized spacial score (nSPS) is 15.2. The zero-order valence-electron chi connectivity index (χ0n) is 17.7. The summed E-state index contributed by atoms with van der Waals surface area (Å²) in [6, 6.07) is 11.8. The predicted octanol–water partition coefficient (Wildman–Crippen LogP) is 3.24. The lowest BCUT2D eigenvalue weighted by molar-refractivity contribution is -0.120. The van der Waals surface area contributed by atoms with Gasteiger partial charge in [0.2, 0.25) is 5.91 Å². The molecule has 2 heterocycles. The first-order valence-corrected chi connectivity index (χ1v) is 11.8. The van der Waals surface area contributed by atoms with Crippen LogP contribution in [0.1, 0.15) is 23.5 Å². The minimum Gasteiger partial charge on any atom is -0.496 e. The molecular weight excluding hydrogens is 440 g/mol. The largest absolute Gasteiger partial charge is 0.496 e. The average Bonchev–Trinajstić information content (AvgIpc) is 3.29. The van der Waals surface area contributed by atoms with Gasteiger partial charge in [0.1, 0.15) is 12.1 Å². The third kappa shape index (κ3) is 3.70. The number of benzene rings is 2. The van der Waals surface area contributed by atoms with Crippen LogP contribution < -0.4 is 9.46 Å². The lowest BCUT2D eigenvalue weighted by atomic mass is 9.94. The number of hydrogen-bond donors (Lipinski definition) is 1. The molecule has 1 atom stereocenters. The molecule has 0 saturated carbocycles. The number of fused-ring (bicyclic) bond motifs is 2. The van der Waals surface area contributed by atoms with E-state index in [2.05, 4.69) is 19.7 Å². The van der Waals surface area contributed by atoms with Crippen molar-refractivity contribution in [3.05, 3.63) is 78.5 Å². The Balaban J connectivity index is 1.52. The first kappa shape index (κ1) is 21.0. The van der Waals surface area contributed by atoms with Gasteiger partial charge in [-0.05, 0) is 54.3 Å². The van der Waals surface area contributed by atoms with Gasteiger partial charge in [0.05, 0.1) is 23.4 Å². The Morgan fingerprint density at radius 3 is 2.70 bits per heavy atom. The van der Waals surface area contributed by atoms with Crippen LogP contribution in [0.2, 0.25) is 0 Å². The quantitative estimate of drug-likeness (QED) is 0.487. The fourth-order valence-corrected chi connectivity index (χ4v) is 5.68. The topological polar surface area (TPSA) is 111 Å². The van der Waals surface area contributed by atoms with Crippen molar-refractivity contribution in [2.45, 2.75) is 23.7 Å². The lowest BCUT2D eigenvalue weighted by Gasteiger charge is -2.17. The molecule has 1 aliphatic carbocycles. The van der Waals surface area contributed by atoms with Crippen LogP contribution in [0.25, 0.3) is 22.0 Å². The summed E-state index contributed by atoms with van der Waals surface area (Å²) < 4.78 is 34.1. The molecule has 0 bridgehead atoms. The number of hydrogen-bond acceptors (Lipinski definition) is 7. The minimum absolute atomic E-state index is 0.0156. The van der Waals surface area contributed by atoms with E-state index >= 15 is 0 Å². The second-order valence-corrected chi connectivity index (χ2v) is 9.37. The van der Waals surface area contributed by atoms with Crippen LogP contribution in [0.15, 0.2) is 72.3 Å². The molecular formula is C24H20N4O4S. The predicted molar refractivity (Wildman–Crippen MR) is 122 cm³/mol. The summed E-state index contributed by atoms with van der Waals surface area (Å²) in [4.78, 5) is 25.6. The fourth-order valence-electron chi connectivity index (χ4n) is 4.44. The van der Waals surface area contributed by atoms with Crippen molar-refractivity contribution in [3.8, 4) is 16.9 Å². The van der Waals surface area contributed by atoms with Crippen LogP contribution in [0.5, 0.6) is 5.75 Å². The molecule has 8 nitrogen and oxygen atoms in total. The van der Waals surface area contributed by atoms with Gasteiger partial charge in [-0.1, -0.05) is 12.1 Å². The Bertz CT molecular complexity index is 1470. The Labute approximate surface area is 190 Å². The number of sulfonamides is 1. The summed E-state index contributed by atoms with van der Waals surface area (Å²) >= 11 is 0. The lowest BCUT2D eigenvalue weighted by Crippen LogP contribution is -2.34. The number of pyridine rings is 1. The molecule has 1 unspecified atom stereocenters. The maximum atomic E-state index is 13.3. The van der Waals surface area contributed by atoms with Crippen LogP contribution >= 0.6 is 0 Å². The van der Waals surface area contributed by atoms with Crippen molar-refractivity contribution in [2.24, 2.45) is 0 Å². The third-order valence-corrected chi connectivity index (χ3v) is 7.29. The SMILES string of the molecule is COc1ccc(-c2cncnc2)c2c1C(C(=O)NS(=O)(=O)c1cccc3ncccc13)CC2. The number of nitrogens with zero attached hydrogens (tertiary/aromatic N) is 3. The van der Waals surface area contributed by atoms with Gasteiger partial charge in [0, 0.05) is 35.1 Å². The number of rotatable bonds is 5. The third-order valence-electron chi connectivity index (χ3n) is 5.89. The van der Waals surface area contributed by atoms with Crippen molar-refractivity contribution in [1.82, 2.24) is 19.7 Å². The summed E-state index contributed by atoms with van der Waals surface area (Å²) in [6.45, 7) is 0. The van der Waals surface area contributed by atoms with E-state index in [9.17, 15) is 13.2 Å². The summed E-state index contributed by atoms with van der Waals surface area (Å²) in [6.07, 6.45) is 7.54. The van der Waals surface area contributed by atoms with Crippen LogP contribution in [0.3, 0.4) is 0 Å². The molecule has 1 aliphatic rings. The maximum Gasteiger partial charge on any atom is 0.264 e. The van der Waals surface area contributed by atoms with Crippen LogP contribution in [0, 0.1) is 0 Å². The Kier molecular flexibility index (Phi) is 5.26. The molecule has 0 radical (unpaired) electrons. The van der Waals surface area contributed by atoms with E-state index in [1.165, 1.54) is 19.5 Å². The van der Waals surface area contributed by atoms with Crippen LogP contribution in [-0.2, 0) is 21.2 Å². The number of methoxy groups -OCH3 is 1. The molecule has 0 saturated heterocycles. The monoisotopic (exact) mass is 460 g/mol. The van der Waals surface area contributed by atoms with Gasteiger partial charge >= 0.3 is 0 Å². The number of nitrogens with one attached hydrogen (secondary N) is 1. The van der Waals surface area contributed by atoms with Gasteiger partial charge in [-0.2, -0.15) is 0 Å². The maximum absolute atomic E-state index is 13.3. The molecule has 0 fully saturated rings. The summed E-state index contributed by atoms with van der Waals surface area (Å²) in [7, 11) is -2.57. The average molecular weight is 461 g/mol. The smallest absolute Gasteiger partial charge is 0.264 e. The molecule has 2 aromatic carbocycles. The number of aromatic nitrogens is 3. The van der Waals surface area contributed by atoms with E-state index in [1.807, 2.05) is 6.07 Å². The van der Waals surface area contributed by atoms with E-state index in [1.54, 1.807) is 48.9 Å². The van der Waals surface area contributed by atoms with Crippen molar-refractivity contribution in [1.29, 1.82) is 0 Å². The van der Waals surface area contributed by atoms with Crippen LogP contribution in [0.4, 0.5) is 0 Å². The molecule has 9 heteroatoms. The van der Waals surface area contributed by atoms with Gasteiger partial charge in [0.25, 0.3) is 10.0 Å². The van der Waals surface area contributed by atoms with E-state index in [0.717, 1.165) is 16.7 Å². The van der Waals surface area contributed by atoms with E-state index in [4.69, 9.17) is 4.74 Å². The first-order chi connectivity index (χ1) is 16.0. The molecule has 4 aromatic rings. The first-order valence-electron chi connectivity index (χ1n) is 10.3. The molecule has 1 amide bonds. The summed E-state index contributed by atoms with van der Waals surface area (Å²) in [5.74, 6) is -0.702. The van der Waals surface area contributed by atoms with Crippen molar-refractivity contribution >= 4 is 26.8 Å². The Hall–Kier alpha value is -3.85. The molecule has 0 aliphatic heterocycles. The molecule has 5 rings (SSSR count). The van der Waals surface area contributed by atoms with Gasteiger partial charge < -0.3 is 4.74 Å². The number of carbonyl (C=O) groups is 1. The van der Waals surface area contributed by atoms with Gasteiger partial charge in [0.15, 0.2) is 0 Å². The van der Waals surface area contributed by atoms with Gasteiger partial charge in [-0.3, -0.25) is 9.78 Å². The highest BCUT2D eigenvalue weighted by atomic mass is 32.2. The molecule has 2 aromatic heterocycles. The zero-order valence-corrected chi connectivity index (χ0v) is 18.5. The molecule has 33 heavy (non-hydrogen) atoms. The van der Waals surface area contributed by atoms with Gasteiger partial charge in [-0.15, -0.1) is 0 Å². The molecule has 0 spiro atoms. The Morgan fingerprint density at radius 1 is 1.09 bits per heavy atom. The Morgan fingerprint density at radius 2 is 1.91 bits per heavy atom. The van der Waals surface area contributed by atoms with Crippen molar-refractivity contribution < 1.29 is 17.9 Å². The van der Waals surface area contributed by atoms with E-state index < -0.39 is 21.8 Å². The second kappa shape index (κ2) is 8.25. The molecule has 166 valence electrons. The zero-order chi connectivity index (χ0) is 23.0. The summed E-state index contributed by atoms with van der Waals surface area (Å²) in [5.41, 5.74) is 3.91. The van der Waals surface area contributed by atoms with Gasteiger partial charge in [-0.25, -0.2) is 23.1 Å². The highest BCUT2D eigenvalue weighted by Gasteiger charge is 2.36. The van der Waals surface area contributed by atoms with Crippen molar-refractivity contribution in [2.75, 3.05) is 7.11 Å². The number of carbonyl (C=O) groups excluding carboxylic acids is 1. The van der Waals surface area contributed by atoms with E-state index in [0.29, 0.717) is 35.1 Å². The number of ether oxygens (including phenoxy) is 1. The highest BCUT2D eigenvalue weighted by molar-refractivity contribution is 7.90. The molecule has 1 N–H and O–H groups in total. The second-order valence-electron chi connectivity index (χ2n) is 7.72. The summed E-state index contributed by atoms with van der Waals surface area (Å²) in [5, 5.41) is 0.455.